The van der Waals surface area contributed by atoms with Crippen LogP contribution in [0, 0.1) is 5.92 Å². The fourth-order valence-corrected chi connectivity index (χ4v) is 2.41. The second kappa shape index (κ2) is 4.19. The number of halogens is 3. The van der Waals surface area contributed by atoms with E-state index in [4.69, 9.17) is 5.73 Å². The summed E-state index contributed by atoms with van der Waals surface area (Å²) in [5.41, 5.74) is 5.51. The summed E-state index contributed by atoms with van der Waals surface area (Å²) in [6, 6.07) is 0. The number of alkyl halides is 3. The fraction of sp³-hybridized carbons (Fsp3) is 0.800. The third-order valence-electron chi connectivity index (χ3n) is 3.33. The predicted molar refractivity (Wildman–Crippen MR) is 56.2 cm³/mol. The van der Waals surface area contributed by atoms with Crippen molar-refractivity contribution in [2.45, 2.75) is 37.8 Å². The van der Waals surface area contributed by atoms with Crippen molar-refractivity contribution in [3.05, 3.63) is 5.82 Å². The van der Waals surface area contributed by atoms with Crippen molar-refractivity contribution in [2.24, 2.45) is 13.0 Å². The Bertz CT molecular complexity index is 379. The van der Waals surface area contributed by atoms with Gasteiger partial charge in [0, 0.05) is 13.0 Å². The first-order chi connectivity index (χ1) is 7.89. The summed E-state index contributed by atoms with van der Waals surface area (Å²) in [6.45, 7) is 0. The first kappa shape index (κ1) is 12.2. The zero-order valence-corrected chi connectivity index (χ0v) is 9.54. The first-order valence-electron chi connectivity index (χ1n) is 5.62. The molecular weight excluding hydrogens is 233 g/mol. The Hall–Kier alpha value is -1.27. The summed E-state index contributed by atoms with van der Waals surface area (Å²) in [4.78, 5) is 3.93. The second-order valence-electron chi connectivity index (χ2n) is 4.49. The number of nitrogen functional groups attached to an aromatic ring is 1. The largest absolute Gasteiger partial charge is 0.392 e. The van der Waals surface area contributed by atoms with Crippen LogP contribution in [0.1, 0.15) is 37.4 Å². The number of hydrogen-bond donors (Lipinski definition) is 1. The molecule has 4 nitrogen and oxygen atoms in total. The van der Waals surface area contributed by atoms with E-state index in [1.165, 1.54) is 4.68 Å². The smallest absolute Gasteiger partial charge is 0.368 e. The molecule has 1 aliphatic carbocycles. The van der Waals surface area contributed by atoms with Crippen LogP contribution >= 0.6 is 0 Å². The lowest BCUT2D eigenvalue weighted by molar-refractivity contribution is -0.187. The van der Waals surface area contributed by atoms with Crippen molar-refractivity contribution in [1.29, 1.82) is 0 Å². The van der Waals surface area contributed by atoms with Crippen LogP contribution in [0.15, 0.2) is 0 Å². The van der Waals surface area contributed by atoms with Gasteiger partial charge < -0.3 is 5.73 Å². The van der Waals surface area contributed by atoms with E-state index in [0.29, 0.717) is 12.8 Å². The number of aromatic nitrogens is 3. The summed E-state index contributed by atoms with van der Waals surface area (Å²) < 4.78 is 40.0. The van der Waals surface area contributed by atoms with Crippen LogP contribution in [0.2, 0.25) is 0 Å². The molecule has 17 heavy (non-hydrogen) atoms. The molecule has 0 saturated heterocycles. The monoisotopic (exact) mass is 248 g/mol. The molecule has 1 saturated carbocycles. The van der Waals surface area contributed by atoms with E-state index in [9.17, 15) is 13.2 Å². The van der Waals surface area contributed by atoms with Gasteiger partial charge in [0.25, 0.3) is 0 Å². The molecule has 2 unspecified atom stereocenters. The SMILES string of the molecule is Cn1nc(C2CCCCC2C(F)(F)F)nc1N. The van der Waals surface area contributed by atoms with E-state index in [1.807, 2.05) is 0 Å². The van der Waals surface area contributed by atoms with Gasteiger partial charge in [-0.3, -0.25) is 0 Å². The van der Waals surface area contributed by atoms with Gasteiger partial charge in [-0.1, -0.05) is 12.8 Å². The normalized spacial score (nSPS) is 26.1. The van der Waals surface area contributed by atoms with E-state index in [0.717, 1.165) is 6.42 Å². The minimum Gasteiger partial charge on any atom is -0.368 e. The molecular formula is C10H15F3N4. The minimum absolute atomic E-state index is 0.159. The Morgan fingerprint density at radius 1 is 1.29 bits per heavy atom. The quantitative estimate of drug-likeness (QED) is 0.829. The van der Waals surface area contributed by atoms with Gasteiger partial charge in [-0.05, 0) is 12.8 Å². The Kier molecular flexibility index (Phi) is 3.01. The van der Waals surface area contributed by atoms with Gasteiger partial charge in [0.1, 0.15) is 0 Å². The van der Waals surface area contributed by atoms with Crippen molar-refractivity contribution < 1.29 is 13.2 Å². The van der Waals surface area contributed by atoms with Gasteiger partial charge in [0.15, 0.2) is 5.82 Å². The lowest BCUT2D eigenvalue weighted by atomic mass is 9.78. The van der Waals surface area contributed by atoms with E-state index in [2.05, 4.69) is 10.1 Å². The maximum absolute atomic E-state index is 12.9. The molecule has 1 fully saturated rings. The maximum Gasteiger partial charge on any atom is 0.392 e. The Labute approximate surface area is 97.0 Å². The highest BCUT2D eigenvalue weighted by atomic mass is 19.4. The van der Waals surface area contributed by atoms with Crippen molar-refractivity contribution in [2.75, 3.05) is 5.73 Å². The average molecular weight is 248 g/mol. The van der Waals surface area contributed by atoms with E-state index < -0.39 is 18.0 Å². The van der Waals surface area contributed by atoms with Gasteiger partial charge >= 0.3 is 6.18 Å². The van der Waals surface area contributed by atoms with Crippen molar-refractivity contribution in [1.82, 2.24) is 14.8 Å². The summed E-state index contributed by atoms with van der Waals surface area (Å²) in [5, 5.41) is 3.98. The summed E-state index contributed by atoms with van der Waals surface area (Å²) >= 11 is 0. The molecule has 0 aromatic carbocycles. The highest BCUT2D eigenvalue weighted by molar-refractivity contribution is 5.18. The molecule has 2 N–H and O–H groups in total. The highest BCUT2D eigenvalue weighted by Crippen LogP contribution is 2.45. The molecule has 96 valence electrons. The minimum atomic E-state index is -4.18. The number of aryl methyl sites for hydroxylation is 1. The summed E-state index contributed by atoms with van der Waals surface area (Å²) in [7, 11) is 1.58. The van der Waals surface area contributed by atoms with Crippen LogP contribution in [-0.2, 0) is 7.05 Å². The summed E-state index contributed by atoms with van der Waals surface area (Å²) in [5.74, 6) is -1.59. The predicted octanol–water partition coefficient (Wildman–Crippen LogP) is 2.23. The van der Waals surface area contributed by atoms with Crippen LogP contribution in [0.5, 0.6) is 0 Å². The maximum atomic E-state index is 12.9. The Morgan fingerprint density at radius 2 is 1.94 bits per heavy atom. The molecule has 1 aromatic heterocycles. The lowest BCUT2D eigenvalue weighted by Gasteiger charge is -2.31. The number of anilines is 1. The number of nitrogens with zero attached hydrogens (tertiary/aromatic N) is 3. The van der Waals surface area contributed by atoms with Crippen LogP contribution in [-0.4, -0.2) is 20.9 Å². The highest BCUT2D eigenvalue weighted by Gasteiger charge is 2.47. The molecule has 7 heteroatoms. The van der Waals surface area contributed by atoms with Gasteiger partial charge in [-0.15, -0.1) is 0 Å². The summed E-state index contributed by atoms with van der Waals surface area (Å²) in [6.07, 6.45) is -2.14. The molecule has 2 atom stereocenters. The van der Waals surface area contributed by atoms with Gasteiger partial charge in [-0.2, -0.15) is 23.3 Å². The van der Waals surface area contributed by atoms with Gasteiger partial charge in [0.05, 0.1) is 5.92 Å². The second-order valence-corrected chi connectivity index (χ2v) is 4.49. The zero-order chi connectivity index (χ0) is 12.6. The molecule has 0 amide bonds. The van der Waals surface area contributed by atoms with Crippen LogP contribution < -0.4 is 5.73 Å². The van der Waals surface area contributed by atoms with Crippen LogP contribution in [0.25, 0.3) is 0 Å². The first-order valence-corrected chi connectivity index (χ1v) is 5.62. The van der Waals surface area contributed by atoms with Crippen molar-refractivity contribution >= 4 is 5.95 Å². The molecule has 1 aliphatic rings. The Morgan fingerprint density at radius 3 is 2.47 bits per heavy atom. The molecule has 0 aliphatic heterocycles. The zero-order valence-electron chi connectivity index (χ0n) is 9.54. The Balaban J connectivity index is 2.28. The van der Waals surface area contributed by atoms with E-state index in [-0.39, 0.29) is 18.2 Å². The fourth-order valence-electron chi connectivity index (χ4n) is 2.41. The van der Waals surface area contributed by atoms with Crippen LogP contribution in [0.4, 0.5) is 19.1 Å². The van der Waals surface area contributed by atoms with Crippen molar-refractivity contribution in [3.8, 4) is 0 Å². The van der Waals surface area contributed by atoms with E-state index >= 15 is 0 Å². The number of rotatable bonds is 1. The van der Waals surface area contributed by atoms with E-state index in [1.54, 1.807) is 7.05 Å². The molecule has 0 spiro atoms. The standard InChI is InChI=1S/C10H15F3N4/c1-17-9(14)15-8(16-17)6-4-2-3-5-7(6)10(11,12)13/h6-7H,2-5H2,1H3,(H2,14,15,16). The molecule has 0 radical (unpaired) electrons. The van der Waals surface area contributed by atoms with Crippen LogP contribution in [0.3, 0.4) is 0 Å². The number of nitrogens with two attached hydrogens (primary N) is 1. The molecule has 2 rings (SSSR count). The lowest BCUT2D eigenvalue weighted by Crippen LogP contribution is -2.32. The topological polar surface area (TPSA) is 56.7 Å². The van der Waals surface area contributed by atoms with Gasteiger partial charge in [-0.25, -0.2) is 4.68 Å². The third-order valence-corrected chi connectivity index (χ3v) is 3.33. The molecule has 1 aromatic rings. The van der Waals surface area contributed by atoms with Crippen molar-refractivity contribution in [3.63, 3.8) is 0 Å². The number of hydrogen-bond acceptors (Lipinski definition) is 3. The molecule has 0 bridgehead atoms. The third kappa shape index (κ3) is 2.37. The van der Waals surface area contributed by atoms with Gasteiger partial charge in [0.2, 0.25) is 5.95 Å². The molecule has 1 heterocycles. The average Bonchev–Trinajstić information content (AvgIpc) is 2.58.